The number of anilines is 1. The second kappa shape index (κ2) is 5.19. The van der Waals surface area contributed by atoms with Gasteiger partial charge < -0.3 is 5.32 Å². The van der Waals surface area contributed by atoms with Crippen molar-refractivity contribution in [2.24, 2.45) is 4.99 Å². The summed E-state index contributed by atoms with van der Waals surface area (Å²) in [6.07, 6.45) is 1.03. The largest absolute Gasteiger partial charge is 0.333 e. The van der Waals surface area contributed by atoms with Crippen LogP contribution in [0.2, 0.25) is 0 Å². The van der Waals surface area contributed by atoms with Crippen molar-refractivity contribution in [1.29, 1.82) is 0 Å². The first-order valence-corrected chi connectivity index (χ1v) is 6.89. The third kappa shape index (κ3) is 2.77. The fourth-order valence-electron chi connectivity index (χ4n) is 1.40. The number of halogens is 2. The zero-order valence-electron chi connectivity index (χ0n) is 8.84. The number of thioether (sulfide) groups is 1. The van der Waals surface area contributed by atoms with E-state index in [1.54, 1.807) is 17.8 Å². The zero-order chi connectivity index (χ0) is 11.5. The summed E-state index contributed by atoms with van der Waals surface area (Å²) in [6.45, 7) is 2.11. The summed E-state index contributed by atoms with van der Waals surface area (Å²) in [5.41, 5.74) is 0.478. The molecule has 1 aliphatic rings. The van der Waals surface area contributed by atoms with Crippen molar-refractivity contribution in [3.8, 4) is 0 Å². The molecule has 16 heavy (non-hydrogen) atoms. The lowest BCUT2D eigenvalue weighted by atomic mass is 10.3. The van der Waals surface area contributed by atoms with E-state index in [4.69, 9.17) is 0 Å². The zero-order valence-corrected chi connectivity index (χ0v) is 11.2. The Balaban J connectivity index is 2.10. The molecule has 0 fully saturated rings. The van der Waals surface area contributed by atoms with Crippen LogP contribution in [0.15, 0.2) is 27.7 Å². The molecule has 86 valence electrons. The number of hydrogen-bond acceptors (Lipinski definition) is 3. The minimum absolute atomic E-state index is 0.266. The standard InChI is InChI=1S/C11H12BrFN2S/c1-2-8-6-16-11(14-8)15-10-4-3-7(12)5-9(10)13/h3-5,8H,2,6H2,1H3,(H,14,15). The van der Waals surface area contributed by atoms with E-state index >= 15 is 0 Å². The van der Waals surface area contributed by atoms with Crippen LogP contribution in [0.25, 0.3) is 0 Å². The average molecular weight is 303 g/mol. The molecular formula is C11H12BrFN2S. The molecule has 1 aliphatic heterocycles. The molecule has 2 nitrogen and oxygen atoms in total. The van der Waals surface area contributed by atoms with Crippen LogP contribution in [0.5, 0.6) is 0 Å². The molecule has 1 atom stereocenters. The Morgan fingerprint density at radius 3 is 3.06 bits per heavy atom. The fourth-order valence-corrected chi connectivity index (χ4v) is 2.80. The van der Waals surface area contributed by atoms with E-state index < -0.39 is 0 Å². The molecule has 0 aromatic heterocycles. The Kier molecular flexibility index (Phi) is 3.86. The first-order chi connectivity index (χ1) is 7.69. The molecule has 5 heteroatoms. The molecule has 1 aromatic carbocycles. The maximum Gasteiger partial charge on any atom is 0.161 e. The number of hydrogen-bond donors (Lipinski definition) is 1. The van der Waals surface area contributed by atoms with E-state index in [1.165, 1.54) is 6.07 Å². The summed E-state index contributed by atoms with van der Waals surface area (Å²) in [5, 5.41) is 3.83. The Morgan fingerprint density at radius 1 is 1.62 bits per heavy atom. The molecular weight excluding hydrogens is 291 g/mol. The van der Waals surface area contributed by atoms with Crippen LogP contribution in [0.3, 0.4) is 0 Å². The summed E-state index contributed by atoms with van der Waals surface area (Å²) in [7, 11) is 0. The van der Waals surface area contributed by atoms with Crippen LogP contribution in [-0.4, -0.2) is 17.0 Å². The Hall–Kier alpha value is -0.550. The van der Waals surface area contributed by atoms with Gasteiger partial charge in [-0.2, -0.15) is 0 Å². The minimum atomic E-state index is -0.266. The predicted octanol–water partition coefficient (Wildman–Crippen LogP) is 3.88. The van der Waals surface area contributed by atoms with Crippen molar-refractivity contribution in [1.82, 2.24) is 0 Å². The maximum absolute atomic E-state index is 13.5. The van der Waals surface area contributed by atoms with Gasteiger partial charge in [0.25, 0.3) is 0 Å². The van der Waals surface area contributed by atoms with Gasteiger partial charge in [0.05, 0.1) is 11.7 Å². The molecule has 0 aliphatic carbocycles. The van der Waals surface area contributed by atoms with Gasteiger partial charge in [-0.3, -0.25) is 4.99 Å². The highest BCUT2D eigenvalue weighted by molar-refractivity contribution is 9.10. The van der Waals surface area contributed by atoms with Crippen LogP contribution in [0.4, 0.5) is 10.1 Å². The van der Waals surface area contributed by atoms with E-state index in [2.05, 4.69) is 33.2 Å². The van der Waals surface area contributed by atoms with Gasteiger partial charge in [-0.15, -0.1) is 0 Å². The third-order valence-corrected chi connectivity index (χ3v) is 3.88. The van der Waals surface area contributed by atoms with Crippen LogP contribution < -0.4 is 5.32 Å². The van der Waals surface area contributed by atoms with Crippen LogP contribution in [-0.2, 0) is 0 Å². The van der Waals surface area contributed by atoms with Crippen LogP contribution >= 0.6 is 27.7 Å². The van der Waals surface area contributed by atoms with Gasteiger partial charge >= 0.3 is 0 Å². The Bertz CT molecular complexity index is 422. The summed E-state index contributed by atoms with van der Waals surface area (Å²) < 4.78 is 14.3. The lowest BCUT2D eigenvalue weighted by Crippen LogP contribution is -2.06. The normalized spacial score (nSPS) is 19.7. The van der Waals surface area contributed by atoms with E-state index in [1.807, 2.05) is 6.07 Å². The summed E-state index contributed by atoms with van der Waals surface area (Å²) in [6, 6.07) is 5.33. The number of benzene rings is 1. The Morgan fingerprint density at radius 2 is 2.44 bits per heavy atom. The highest BCUT2D eigenvalue weighted by atomic mass is 79.9. The SMILES string of the molecule is CCC1CSC(Nc2ccc(Br)cc2F)=N1. The van der Waals surface area contributed by atoms with Crippen molar-refractivity contribution in [3.05, 3.63) is 28.5 Å². The van der Waals surface area contributed by atoms with Gasteiger partial charge in [0.1, 0.15) is 5.82 Å². The van der Waals surface area contributed by atoms with Gasteiger partial charge in [0.15, 0.2) is 5.17 Å². The van der Waals surface area contributed by atoms with Crippen LogP contribution in [0.1, 0.15) is 13.3 Å². The van der Waals surface area contributed by atoms with E-state index in [9.17, 15) is 4.39 Å². The number of nitrogens with zero attached hydrogens (tertiary/aromatic N) is 1. The number of rotatable bonds is 2. The molecule has 0 radical (unpaired) electrons. The average Bonchev–Trinajstić information content (AvgIpc) is 2.70. The fraction of sp³-hybridized carbons (Fsp3) is 0.364. The van der Waals surface area contributed by atoms with E-state index in [0.29, 0.717) is 11.7 Å². The molecule has 0 saturated heterocycles. The number of nitrogens with one attached hydrogen (secondary N) is 1. The summed E-state index contributed by atoms with van der Waals surface area (Å²) >= 11 is 4.87. The molecule has 0 spiro atoms. The molecule has 0 saturated carbocycles. The maximum atomic E-state index is 13.5. The van der Waals surface area contributed by atoms with E-state index in [0.717, 1.165) is 21.8 Å². The van der Waals surface area contributed by atoms with Crippen molar-refractivity contribution in [3.63, 3.8) is 0 Å². The first kappa shape index (κ1) is 11.9. The quantitative estimate of drug-likeness (QED) is 0.896. The number of amidine groups is 1. The smallest absolute Gasteiger partial charge is 0.161 e. The lowest BCUT2D eigenvalue weighted by molar-refractivity contribution is 0.631. The van der Waals surface area contributed by atoms with E-state index in [-0.39, 0.29) is 5.82 Å². The number of aliphatic imine (C=N–C) groups is 1. The molecule has 0 bridgehead atoms. The highest BCUT2D eigenvalue weighted by Crippen LogP contribution is 2.24. The van der Waals surface area contributed by atoms with Crippen molar-refractivity contribution in [2.45, 2.75) is 19.4 Å². The van der Waals surface area contributed by atoms with Crippen molar-refractivity contribution < 1.29 is 4.39 Å². The van der Waals surface area contributed by atoms with Crippen molar-refractivity contribution >= 4 is 38.5 Å². The van der Waals surface area contributed by atoms with Gasteiger partial charge in [-0.05, 0) is 24.6 Å². The molecule has 1 aromatic rings. The van der Waals surface area contributed by atoms with Crippen molar-refractivity contribution in [2.75, 3.05) is 11.1 Å². The first-order valence-electron chi connectivity index (χ1n) is 5.11. The predicted molar refractivity (Wildman–Crippen MR) is 71.7 cm³/mol. The molecule has 1 heterocycles. The van der Waals surface area contributed by atoms with Gasteiger partial charge in [-0.25, -0.2) is 4.39 Å². The minimum Gasteiger partial charge on any atom is -0.333 e. The molecule has 1 unspecified atom stereocenters. The van der Waals surface area contributed by atoms with Gasteiger partial charge in [0.2, 0.25) is 0 Å². The van der Waals surface area contributed by atoms with Gasteiger partial charge in [0, 0.05) is 10.2 Å². The third-order valence-electron chi connectivity index (χ3n) is 2.36. The second-order valence-electron chi connectivity index (χ2n) is 3.56. The second-order valence-corrected chi connectivity index (χ2v) is 5.48. The topological polar surface area (TPSA) is 24.4 Å². The molecule has 0 amide bonds. The summed E-state index contributed by atoms with van der Waals surface area (Å²) in [4.78, 5) is 4.46. The monoisotopic (exact) mass is 302 g/mol. The summed E-state index contributed by atoms with van der Waals surface area (Å²) in [5.74, 6) is 0.717. The molecule has 1 N–H and O–H groups in total. The van der Waals surface area contributed by atoms with Gasteiger partial charge in [-0.1, -0.05) is 34.6 Å². The van der Waals surface area contributed by atoms with Crippen LogP contribution in [0, 0.1) is 5.82 Å². The Labute approximate surface area is 107 Å². The lowest BCUT2D eigenvalue weighted by Gasteiger charge is -2.06. The molecule has 2 rings (SSSR count). The highest BCUT2D eigenvalue weighted by Gasteiger charge is 2.17.